The minimum atomic E-state index is 0.432. The third kappa shape index (κ3) is 2.10. The molecule has 0 aliphatic rings. The Labute approximate surface area is 107 Å². The molecule has 2 heterocycles. The molecule has 2 aromatic heterocycles. The van der Waals surface area contributed by atoms with Crippen molar-refractivity contribution in [2.24, 2.45) is 0 Å². The summed E-state index contributed by atoms with van der Waals surface area (Å²) in [6, 6.07) is 0.432. The molecule has 6 heteroatoms. The Morgan fingerprint density at radius 3 is 2.78 bits per heavy atom. The predicted molar refractivity (Wildman–Crippen MR) is 74.0 cm³/mol. The number of aromatic amines is 1. The maximum atomic E-state index is 4.56. The molecule has 2 rings (SSSR count). The summed E-state index contributed by atoms with van der Waals surface area (Å²) >= 11 is 0. The van der Waals surface area contributed by atoms with Crippen molar-refractivity contribution < 1.29 is 0 Å². The van der Waals surface area contributed by atoms with Crippen LogP contribution in [0.5, 0.6) is 0 Å². The summed E-state index contributed by atoms with van der Waals surface area (Å²) in [6.07, 6.45) is 2.73. The van der Waals surface area contributed by atoms with Crippen LogP contribution < -0.4 is 10.2 Å². The maximum Gasteiger partial charge on any atom is 0.226 e. The van der Waals surface area contributed by atoms with Gasteiger partial charge in [0.2, 0.25) is 5.95 Å². The van der Waals surface area contributed by atoms with E-state index in [0.717, 1.165) is 24.3 Å². The van der Waals surface area contributed by atoms with Gasteiger partial charge in [-0.1, -0.05) is 6.92 Å². The van der Waals surface area contributed by atoms with E-state index in [9.17, 15) is 0 Å². The van der Waals surface area contributed by atoms with Gasteiger partial charge in [-0.2, -0.15) is 9.97 Å². The lowest BCUT2D eigenvalue weighted by Gasteiger charge is -2.28. The number of fused-ring (bicyclic) bond motifs is 1. The number of H-pyrrole nitrogens is 1. The van der Waals surface area contributed by atoms with Crippen LogP contribution in [-0.4, -0.2) is 39.6 Å². The zero-order valence-corrected chi connectivity index (χ0v) is 11.4. The fourth-order valence-electron chi connectivity index (χ4n) is 2.03. The molecule has 0 amide bonds. The molecule has 0 spiro atoms. The highest BCUT2D eigenvalue weighted by atomic mass is 15.3. The van der Waals surface area contributed by atoms with E-state index in [1.165, 1.54) is 0 Å². The molecule has 0 aromatic carbocycles. The van der Waals surface area contributed by atoms with Crippen LogP contribution in [0, 0.1) is 0 Å². The number of anilines is 2. The lowest BCUT2D eigenvalue weighted by molar-refractivity contribution is 0.624. The fraction of sp³-hybridized carbons (Fsp3) is 0.583. The molecule has 0 saturated carbocycles. The van der Waals surface area contributed by atoms with E-state index < -0.39 is 0 Å². The summed E-state index contributed by atoms with van der Waals surface area (Å²) < 4.78 is 0. The molecule has 0 radical (unpaired) electrons. The largest absolute Gasteiger partial charge is 0.357 e. The molecular weight excluding hydrogens is 228 g/mol. The summed E-state index contributed by atoms with van der Waals surface area (Å²) in [7, 11) is 1.82. The number of aromatic nitrogens is 4. The average molecular weight is 248 g/mol. The van der Waals surface area contributed by atoms with Crippen molar-refractivity contribution in [3.63, 3.8) is 0 Å². The highest BCUT2D eigenvalue weighted by molar-refractivity contribution is 5.84. The lowest BCUT2D eigenvalue weighted by Crippen LogP contribution is -2.33. The van der Waals surface area contributed by atoms with Crippen molar-refractivity contribution in [3.8, 4) is 0 Å². The van der Waals surface area contributed by atoms with Crippen LogP contribution in [0.25, 0.3) is 11.2 Å². The Balaban J connectivity index is 2.56. The Morgan fingerprint density at radius 2 is 2.17 bits per heavy atom. The molecule has 0 saturated heterocycles. The number of nitrogens with one attached hydrogen (secondary N) is 2. The minimum Gasteiger partial charge on any atom is -0.357 e. The second kappa shape index (κ2) is 5.20. The van der Waals surface area contributed by atoms with E-state index in [4.69, 9.17) is 0 Å². The van der Waals surface area contributed by atoms with Crippen LogP contribution >= 0.6 is 0 Å². The van der Waals surface area contributed by atoms with Gasteiger partial charge in [0.25, 0.3) is 0 Å². The predicted octanol–water partition coefficient (Wildman–Crippen LogP) is 2.02. The topological polar surface area (TPSA) is 69.7 Å². The average Bonchev–Trinajstić information content (AvgIpc) is 2.87. The fourth-order valence-corrected chi connectivity index (χ4v) is 2.03. The normalized spacial score (nSPS) is 12.7. The smallest absolute Gasteiger partial charge is 0.226 e. The Bertz CT molecular complexity index is 520. The molecular formula is C12H20N6. The lowest BCUT2D eigenvalue weighted by atomic mass is 10.2. The molecule has 0 aliphatic carbocycles. The van der Waals surface area contributed by atoms with Gasteiger partial charge in [0.1, 0.15) is 5.52 Å². The molecule has 18 heavy (non-hydrogen) atoms. The first-order valence-electron chi connectivity index (χ1n) is 6.36. The highest BCUT2D eigenvalue weighted by Crippen LogP contribution is 2.24. The third-order valence-electron chi connectivity index (χ3n) is 3.23. The summed E-state index contributed by atoms with van der Waals surface area (Å²) in [5, 5.41) is 2.98. The number of hydrogen-bond donors (Lipinski definition) is 2. The summed E-state index contributed by atoms with van der Waals surface area (Å²) in [6.45, 7) is 7.42. The zero-order chi connectivity index (χ0) is 13.1. The highest BCUT2D eigenvalue weighted by Gasteiger charge is 2.18. The number of nitrogens with zero attached hydrogens (tertiary/aromatic N) is 4. The van der Waals surface area contributed by atoms with Crippen molar-refractivity contribution in [3.05, 3.63) is 6.33 Å². The van der Waals surface area contributed by atoms with Gasteiger partial charge < -0.3 is 15.2 Å². The van der Waals surface area contributed by atoms with Gasteiger partial charge in [-0.05, 0) is 20.3 Å². The van der Waals surface area contributed by atoms with E-state index in [1.54, 1.807) is 6.33 Å². The first-order valence-corrected chi connectivity index (χ1v) is 6.36. The zero-order valence-electron chi connectivity index (χ0n) is 11.4. The third-order valence-corrected chi connectivity index (χ3v) is 3.23. The van der Waals surface area contributed by atoms with E-state index in [1.807, 2.05) is 7.05 Å². The molecule has 98 valence electrons. The number of rotatable bonds is 5. The van der Waals surface area contributed by atoms with Crippen LogP contribution in [0.15, 0.2) is 6.33 Å². The van der Waals surface area contributed by atoms with Gasteiger partial charge in [0.15, 0.2) is 11.5 Å². The van der Waals surface area contributed by atoms with Crippen molar-refractivity contribution in [1.29, 1.82) is 0 Å². The summed E-state index contributed by atoms with van der Waals surface area (Å²) in [5.74, 6) is 1.52. The molecule has 0 bridgehead atoms. The molecule has 2 aromatic rings. The quantitative estimate of drug-likeness (QED) is 0.847. The van der Waals surface area contributed by atoms with Crippen molar-refractivity contribution in [2.75, 3.05) is 23.8 Å². The van der Waals surface area contributed by atoms with Gasteiger partial charge in [0.05, 0.1) is 6.33 Å². The Kier molecular flexibility index (Phi) is 3.64. The Hall–Kier alpha value is -1.85. The maximum absolute atomic E-state index is 4.56. The Morgan fingerprint density at radius 1 is 1.39 bits per heavy atom. The van der Waals surface area contributed by atoms with Crippen molar-refractivity contribution in [1.82, 2.24) is 19.9 Å². The van der Waals surface area contributed by atoms with Crippen LogP contribution in [0.2, 0.25) is 0 Å². The monoisotopic (exact) mass is 248 g/mol. The molecule has 0 fully saturated rings. The van der Waals surface area contributed by atoms with Crippen LogP contribution in [-0.2, 0) is 0 Å². The second-order valence-corrected chi connectivity index (χ2v) is 4.27. The summed E-state index contributed by atoms with van der Waals surface area (Å²) in [5.41, 5.74) is 1.60. The van der Waals surface area contributed by atoms with E-state index in [0.29, 0.717) is 17.6 Å². The van der Waals surface area contributed by atoms with Crippen LogP contribution in [0.4, 0.5) is 11.8 Å². The molecule has 2 N–H and O–H groups in total. The van der Waals surface area contributed by atoms with Gasteiger partial charge in [-0.3, -0.25) is 0 Å². The van der Waals surface area contributed by atoms with Crippen LogP contribution in [0.3, 0.4) is 0 Å². The number of imidazole rings is 1. The number of hydrogen-bond acceptors (Lipinski definition) is 5. The summed E-state index contributed by atoms with van der Waals surface area (Å²) in [4.78, 5) is 18.5. The minimum absolute atomic E-state index is 0.432. The molecule has 1 atom stereocenters. The second-order valence-electron chi connectivity index (χ2n) is 4.27. The van der Waals surface area contributed by atoms with E-state index >= 15 is 0 Å². The molecule has 6 nitrogen and oxygen atoms in total. The standard InChI is InChI=1S/C12H20N6/c1-5-8(3)18(6-2)11-9-10(15-7-14-9)16-12(13-4)17-11/h7-8H,5-6H2,1-4H3,(H2,13,14,15,16,17). The first-order chi connectivity index (χ1) is 8.71. The molecule has 0 aliphatic heterocycles. The van der Waals surface area contributed by atoms with Gasteiger partial charge in [-0.25, -0.2) is 4.98 Å². The van der Waals surface area contributed by atoms with Crippen molar-refractivity contribution in [2.45, 2.75) is 33.2 Å². The first kappa shape index (κ1) is 12.6. The van der Waals surface area contributed by atoms with Gasteiger partial charge in [0, 0.05) is 19.6 Å². The van der Waals surface area contributed by atoms with E-state index in [2.05, 4.69) is 50.9 Å². The molecule has 1 unspecified atom stereocenters. The van der Waals surface area contributed by atoms with Crippen LogP contribution in [0.1, 0.15) is 27.2 Å². The van der Waals surface area contributed by atoms with E-state index in [-0.39, 0.29) is 0 Å². The van der Waals surface area contributed by atoms with Gasteiger partial charge >= 0.3 is 0 Å². The van der Waals surface area contributed by atoms with Crippen molar-refractivity contribution >= 4 is 22.9 Å². The SMILES string of the molecule is CCC(C)N(CC)c1nc(NC)nc2nc[nH]c12. The van der Waals surface area contributed by atoms with Gasteiger partial charge in [-0.15, -0.1) is 0 Å².